The Morgan fingerprint density at radius 2 is 1.36 bits per heavy atom. The van der Waals surface area contributed by atoms with Crippen LogP contribution in [0.25, 0.3) is 0 Å². The van der Waals surface area contributed by atoms with Gasteiger partial charge < -0.3 is 9.47 Å². The molecule has 0 bridgehead atoms. The van der Waals surface area contributed by atoms with Gasteiger partial charge in [0.1, 0.15) is 11.5 Å². The number of hydrogen-bond acceptors (Lipinski definition) is 4. The minimum Gasteiger partial charge on any atom is -0.427 e. The lowest BCUT2D eigenvalue weighted by atomic mass is 9.84. The lowest BCUT2D eigenvalue weighted by Gasteiger charge is -2.21. The van der Waals surface area contributed by atoms with Crippen LogP contribution in [0.5, 0.6) is 11.5 Å². The molecule has 2 aromatic carbocycles. The molecule has 0 saturated heterocycles. The SMILES string of the molecule is CC(=O)Oc1ccc(OC(=O)c2ccc(C3CCCCC3)cc2)cc1. The van der Waals surface area contributed by atoms with E-state index in [4.69, 9.17) is 9.47 Å². The minimum atomic E-state index is -0.393. The third-order valence-corrected chi connectivity index (χ3v) is 4.52. The highest BCUT2D eigenvalue weighted by molar-refractivity contribution is 5.91. The second-order valence-electron chi connectivity index (χ2n) is 6.41. The van der Waals surface area contributed by atoms with Crippen molar-refractivity contribution in [2.24, 2.45) is 0 Å². The molecule has 0 spiro atoms. The molecular formula is C21H22O4. The van der Waals surface area contributed by atoms with Crippen LogP contribution in [0, 0.1) is 0 Å². The van der Waals surface area contributed by atoms with Crippen molar-refractivity contribution in [3.8, 4) is 11.5 Å². The van der Waals surface area contributed by atoms with E-state index in [1.165, 1.54) is 44.6 Å². The molecule has 1 aliphatic rings. The molecule has 130 valence electrons. The predicted molar refractivity (Wildman–Crippen MR) is 95.0 cm³/mol. The molecular weight excluding hydrogens is 316 g/mol. The summed E-state index contributed by atoms with van der Waals surface area (Å²) in [5.41, 5.74) is 1.84. The van der Waals surface area contributed by atoms with Crippen molar-refractivity contribution in [2.45, 2.75) is 44.9 Å². The van der Waals surface area contributed by atoms with E-state index < -0.39 is 5.97 Å². The number of benzene rings is 2. The van der Waals surface area contributed by atoms with Crippen LogP contribution in [0.1, 0.15) is 60.9 Å². The van der Waals surface area contributed by atoms with E-state index in [2.05, 4.69) is 0 Å². The topological polar surface area (TPSA) is 52.6 Å². The van der Waals surface area contributed by atoms with Crippen molar-refractivity contribution in [1.29, 1.82) is 0 Å². The van der Waals surface area contributed by atoms with Gasteiger partial charge in [0, 0.05) is 6.92 Å². The second-order valence-corrected chi connectivity index (χ2v) is 6.41. The van der Waals surface area contributed by atoms with Gasteiger partial charge >= 0.3 is 11.9 Å². The molecule has 25 heavy (non-hydrogen) atoms. The molecule has 1 saturated carbocycles. The Morgan fingerprint density at radius 1 is 0.800 bits per heavy atom. The Balaban J connectivity index is 1.61. The summed E-state index contributed by atoms with van der Waals surface area (Å²) in [6.45, 7) is 1.34. The summed E-state index contributed by atoms with van der Waals surface area (Å²) in [5.74, 6) is 0.673. The van der Waals surface area contributed by atoms with Crippen LogP contribution < -0.4 is 9.47 Å². The van der Waals surface area contributed by atoms with Crippen LogP contribution in [0.4, 0.5) is 0 Å². The van der Waals surface area contributed by atoms with Gasteiger partial charge in [-0.2, -0.15) is 0 Å². The fourth-order valence-electron chi connectivity index (χ4n) is 3.23. The van der Waals surface area contributed by atoms with E-state index >= 15 is 0 Å². The molecule has 4 nitrogen and oxygen atoms in total. The number of hydrogen-bond donors (Lipinski definition) is 0. The smallest absolute Gasteiger partial charge is 0.343 e. The third-order valence-electron chi connectivity index (χ3n) is 4.52. The zero-order valence-corrected chi connectivity index (χ0v) is 14.4. The van der Waals surface area contributed by atoms with Crippen LogP contribution in [-0.2, 0) is 4.79 Å². The summed E-state index contributed by atoms with van der Waals surface area (Å²) in [4.78, 5) is 23.2. The quantitative estimate of drug-likeness (QED) is 0.589. The standard InChI is InChI=1S/C21H22O4/c1-15(22)24-19-11-13-20(14-12-19)25-21(23)18-9-7-17(8-10-18)16-5-3-2-4-6-16/h7-14,16H,2-6H2,1H3. The zero-order valence-electron chi connectivity index (χ0n) is 14.4. The largest absolute Gasteiger partial charge is 0.427 e. The Bertz CT molecular complexity index is 725. The van der Waals surface area contributed by atoms with Crippen LogP contribution in [0.2, 0.25) is 0 Å². The molecule has 0 unspecified atom stereocenters. The maximum absolute atomic E-state index is 12.3. The molecule has 0 amide bonds. The van der Waals surface area contributed by atoms with E-state index in [1.54, 1.807) is 24.3 Å². The van der Waals surface area contributed by atoms with Crippen molar-refractivity contribution >= 4 is 11.9 Å². The van der Waals surface area contributed by atoms with Gasteiger partial charge in [-0.3, -0.25) is 4.79 Å². The molecule has 0 heterocycles. The van der Waals surface area contributed by atoms with Crippen LogP contribution in [0.15, 0.2) is 48.5 Å². The molecule has 2 aromatic rings. The molecule has 0 aromatic heterocycles. The van der Waals surface area contributed by atoms with Crippen LogP contribution in [-0.4, -0.2) is 11.9 Å². The third kappa shape index (κ3) is 4.69. The Morgan fingerprint density at radius 3 is 1.92 bits per heavy atom. The van der Waals surface area contributed by atoms with Crippen molar-refractivity contribution in [3.63, 3.8) is 0 Å². The number of rotatable bonds is 4. The summed E-state index contributed by atoms with van der Waals surface area (Å²) in [7, 11) is 0. The van der Waals surface area contributed by atoms with Gasteiger partial charge in [0.25, 0.3) is 0 Å². The Hall–Kier alpha value is -2.62. The van der Waals surface area contributed by atoms with Gasteiger partial charge in [0.2, 0.25) is 0 Å². The molecule has 0 radical (unpaired) electrons. The number of carbonyl (C=O) groups is 2. The molecule has 0 aliphatic heterocycles. The summed E-state index contributed by atoms with van der Waals surface area (Å²) >= 11 is 0. The minimum absolute atomic E-state index is 0.386. The monoisotopic (exact) mass is 338 g/mol. The Labute approximate surface area is 147 Å². The summed E-state index contributed by atoms with van der Waals surface area (Å²) < 4.78 is 10.3. The van der Waals surface area contributed by atoms with Gasteiger partial charge in [0.05, 0.1) is 5.56 Å². The summed E-state index contributed by atoms with van der Waals surface area (Å²) in [6.07, 6.45) is 6.38. The highest BCUT2D eigenvalue weighted by Crippen LogP contribution is 2.32. The first-order valence-electron chi connectivity index (χ1n) is 8.72. The highest BCUT2D eigenvalue weighted by atomic mass is 16.5. The van der Waals surface area contributed by atoms with E-state index in [9.17, 15) is 9.59 Å². The van der Waals surface area contributed by atoms with Crippen LogP contribution >= 0.6 is 0 Å². The van der Waals surface area contributed by atoms with Gasteiger partial charge in [-0.1, -0.05) is 31.4 Å². The van der Waals surface area contributed by atoms with Crippen molar-refractivity contribution in [2.75, 3.05) is 0 Å². The first kappa shape index (κ1) is 17.2. The van der Waals surface area contributed by atoms with Gasteiger partial charge in [-0.25, -0.2) is 4.79 Å². The van der Waals surface area contributed by atoms with Crippen molar-refractivity contribution in [3.05, 3.63) is 59.7 Å². The Kier molecular flexibility index (Phi) is 5.49. The van der Waals surface area contributed by atoms with Gasteiger partial charge in [0.15, 0.2) is 0 Å². The molecule has 0 atom stereocenters. The predicted octanol–water partition coefficient (Wildman–Crippen LogP) is 4.88. The normalized spacial score (nSPS) is 14.8. The lowest BCUT2D eigenvalue weighted by molar-refractivity contribution is -0.131. The maximum atomic E-state index is 12.3. The fourth-order valence-corrected chi connectivity index (χ4v) is 3.23. The average molecular weight is 338 g/mol. The van der Waals surface area contributed by atoms with E-state index in [0.717, 1.165) is 0 Å². The van der Waals surface area contributed by atoms with E-state index in [-0.39, 0.29) is 5.97 Å². The zero-order chi connectivity index (χ0) is 17.6. The number of ether oxygens (including phenoxy) is 2. The van der Waals surface area contributed by atoms with E-state index in [1.807, 2.05) is 24.3 Å². The summed E-state index contributed by atoms with van der Waals surface area (Å²) in [6, 6.07) is 14.1. The second kappa shape index (κ2) is 7.97. The fraction of sp³-hybridized carbons (Fsp3) is 0.333. The maximum Gasteiger partial charge on any atom is 0.343 e. The van der Waals surface area contributed by atoms with Crippen LogP contribution in [0.3, 0.4) is 0 Å². The first-order valence-corrected chi connectivity index (χ1v) is 8.72. The molecule has 0 N–H and O–H groups in total. The van der Waals surface area contributed by atoms with Crippen molar-refractivity contribution in [1.82, 2.24) is 0 Å². The number of carbonyl (C=O) groups excluding carboxylic acids is 2. The highest BCUT2D eigenvalue weighted by Gasteiger charge is 2.16. The molecule has 1 aliphatic carbocycles. The summed E-state index contributed by atoms with van der Waals surface area (Å²) in [5, 5.41) is 0. The number of esters is 2. The lowest BCUT2D eigenvalue weighted by Crippen LogP contribution is -2.09. The molecule has 3 rings (SSSR count). The molecule has 4 heteroatoms. The van der Waals surface area contributed by atoms with Gasteiger partial charge in [-0.05, 0) is 60.7 Å². The first-order chi connectivity index (χ1) is 12.1. The molecule has 1 fully saturated rings. The van der Waals surface area contributed by atoms with Gasteiger partial charge in [-0.15, -0.1) is 0 Å². The van der Waals surface area contributed by atoms with E-state index in [0.29, 0.717) is 23.0 Å². The van der Waals surface area contributed by atoms with Crippen molar-refractivity contribution < 1.29 is 19.1 Å². The average Bonchev–Trinajstić information content (AvgIpc) is 2.64.